The fraction of sp³-hybridized carbons (Fsp3) is 0.467. The third kappa shape index (κ3) is 4.46. The van der Waals surface area contributed by atoms with Gasteiger partial charge in [0.1, 0.15) is 5.75 Å². The van der Waals surface area contributed by atoms with E-state index in [2.05, 4.69) is 10.2 Å². The molecule has 0 unspecified atom stereocenters. The Morgan fingerprint density at radius 1 is 1.29 bits per heavy atom. The molecule has 1 aromatic carbocycles. The lowest BCUT2D eigenvalue weighted by atomic mass is 10.2. The van der Waals surface area contributed by atoms with Crippen LogP contribution in [0.4, 0.5) is 0 Å². The van der Waals surface area contributed by atoms with E-state index in [4.69, 9.17) is 4.74 Å². The van der Waals surface area contributed by atoms with Gasteiger partial charge in [-0.15, -0.1) is 0 Å². The molecule has 6 nitrogen and oxygen atoms in total. The van der Waals surface area contributed by atoms with Crippen molar-refractivity contribution < 1.29 is 14.3 Å². The summed E-state index contributed by atoms with van der Waals surface area (Å²) >= 11 is 0. The van der Waals surface area contributed by atoms with Gasteiger partial charge in [-0.3, -0.25) is 14.5 Å². The molecule has 1 aromatic rings. The average molecular weight is 291 g/mol. The Hall–Kier alpha value is -2.08. The Balaban J connectivity index is 1.76. The van der Waals surface area contributed by atoms with E-state index in [9.17, 15) is 9.59 Å². The van der Waals surface area contributed by atoms with E-state index in [1.54, 1.807) is 12.0 Å². The van der Waals surface area contributed by atoms with E-state index >= 15 is 0 Å². The van der Waals surface area contributed by atoms with Crippen LogP contribution in [0.5, 0.6) is 5.75 Å². The average Bonchev–Trinajstić information content (AvgIpc) is 2.54. The van der Waals surface area contributed by atoms with Gasteiger partial charge in [0, 0.05) is 38.3 Å². The van der Waals surface area contributed by atoms with Crippen LogP contribution in [0.15, 0.2) is 24.3 Å². The predicted molar refractivity (Wildman–Crippen MR) is 78.9 cm³/mol. The lowest BCUT2D eigenvalue weighted by molar-refractivity contribution is -0.123. The van der Waals surface area contributed by atoms with Crippen molar-refractivity contribution in [2.45, 2.75) is 6.54 Å². The van der Waals surface area contributed by atoms with Gasteiger partial charge in [0.25, 0.3) is 0 Å². The van der Waals surface area contributed by atoms with Gasteiger partial charge >= 0.3 is 0 Å². The van der Waals surface area contributed by atoms with Gasteiger partial charge in [0.15, 0.2) is 0 Å². The number of methoxy groups -OCH3 is 1. The number of piperazine rings is 1. The zero-order chi connectivity index (χ0) is 15.1. The third-order valence-corrected chi connectivity index (χ3v) is 3.59. The number of carbonyl (C=O) groups is 2. The summed E-state index contributed by atoms with van der Waals surface area (Å²) in [6.45, 7) is 3.66. The zero-order valence-electron chi connectivity index (χ0n) is 12.2. The lowest BCUT2D eigenvalue weighted by Crippen LogP contribution is -2.48. The van der Waals surface area contributed by atoms with Gasteiger partial charge in [-0.05, 0) is 6.07 Å². The van der Waals surface area contributed by atoms with Gasteiger partial charge in [-0.1, -0.05) is 18.2 Å². The Labute approximate surface area is 124 Å². The minimum atomic E-state index is -0.0135. The molecule has 114 valence electrons. The Kier molecular flexibility index (Phi) is 5.57. The lowest BCUT2D eigenvalue weighted by Gasteiger charge is -2.31. The maximum atomic E-state index is 12.0. The van der Waals surface area contributed by atoms with E-state index in [-0.39, 0.29) is 5.91 Å². The highest BCUT2D eigenvalue weighted by molar-refractivity contribution is 5.78. The largest absolute Gasteiger partial charge is 0.496 e. The van der Waals surface area contributed by atoms with Crippen LogP contribution in [-0.2, 0) is 16.1 Å². The van der Waals surface area contributed by atoms with Crippen molar-refractivity contribution in [2.75, 3.05) is 39.8 Å². The van der Waals surface area contributed by atoms with Crippen LogP contribution in [-0.4, -0.2) is 62.0 Å². The van der Waals surface area contributed by atoms with E-state index in [0.717, 1.165) is 30.8 Å². The van der Waals surface area contributed by atoms with Crippen molar-refractivity contribution in [3.05, 3.63) is 29.8 Å². The number of rotatable bonds is 6. The number of benzene rings is 1. The molecule has 2 amide bonds. The summed E-state index contributed by atoms with van der Waals surface area (Å²) in [5, 5.41) is 2.90. The minimum absolute atomic E-state index is 0.0135. The SMILES string of the molecule is COc1ccccc1CNC(=O)CN1CCN(C=O)CC1. The van der Waals surface area contributed by atoms with Crippen LogP contribution in [0.3, 0.4) is 0 Å². The Morgan fingerprint density at radius 3 is 2.67 bits per heavy atom. The van der Waals surface area contributed by atoms with Crippen LogP contribution >= 0.6 is 0 Å². The fourth-order valence-corrected chi connectivity index (χ4v) is 2.33. The van der Waals surface area contributed by atoms with Crippen LogP contribution in [0.1, 0.15) is 5.56 Å². The maximum Gasteiger partial charge on any atom is 0.234 e. The summed E-state index contributed by atoms with van der Waals surface area (Å²) in [6, 6.07) is 7.63. The highest BCUT2D eigenvalue weighted by Gasteiger charge is 2.17. The summed E-state index contributed by atoms with van der Waals surface area (Å²) in [7, 11) is 1.62. The maximum absolute atomic E-state index is 12.0. The number of hydrogen-bond acceptors (Lipinski definition) is 4. The van der Waals surface area contributed by atoms with Crippen LogP contribution in [0, 0.1) is 0 Å². The molecular formula is C15H21N3O3. The second kappa shape index (κ2) is 7.64. The van der Waals surface area contributed by atoms with Gasteiger partial charge in [0.2, 0.25) is 12.3 Å². The number of nitrogens with one attached hydrogen (secondary N) is 1. The first kappa shape index (κ1) is 15.3. The summed E-state index contributed by atoms with van der Waals surface area (Å²) in [6.07, 6.45) is 0.860. The number of ether oxygens (including phenoxy) is 1. The standard InChI is InChI=1S/C15H21N3O3/c1-21-14-5-3-2-4-13(14)10-16-15(20)11-17-6-8-18(12-19)9-7-17/h2-5,12H,6-11H2,1H3,(H,16,20). The fourth-order valence-electron chi connectivity index (χ4n) is 2.33. The second-order valence-electron chi connectivity index (χ2n) is 5.01. The molecule has 0 radical (unpaired) electrons. The van der Waals surface area contributed by atoms with E-state index in [1.165, 1.54) is 0 Å². The molecule has 1 heterocycles. The summed E-state index contributed by atoms with van der Waals surface area (Å²) in [5.74, 6) is 0.762. The first-order valence-corrected chi connectivity index (χ1v) is 7.03. The first-order chi connectivity index (χ1) is 10.2. The molecule has 0 spiro atoms. The van der Waals surface area contributed by atoms with Crippen molar-refractivity contribution >= 4 is 12.3 Å². The molecule has 1 fully saturated rings. The number of para-hydroxylation sites is 1. The van der Waals surface area contributed by atoms with Gasteiger partial charge in [-0.25, -0.2) is 0 Å². The smallest absolute Gasteiger partial charge is 0.234 e. The molecule has 1 aliphatic heterocycles. The monoisotopic (exact) mass is 291 g/mol. The van der Waals surface area contributed by atoms with Crippen molar-refractivity contribution in [1.29, 1.82) is 0 Å². The van der Waals surface area contributed by atoms with Crippen LogP contribution in [0.25, 0.3) is 0 Å². The molecule has 0 aliphatic carbocycles. The molecule has 1 N–H and O–H groups in total. The summed E-state index contributed by atoms with van der Waals surface area (Å²) in [5.41, 5.74) is 0.958. The Bertz CT molecular complexity index is 485. The normalized spacial score (nSPS) is 15.6. The topological polar surface area (TPSA) is 61.9 Å². The molecule has 2 rings (SSSR count). The molecule has 21 heavy (non-hydrogen) atoms. The highest BCUT2D eigenvalue weighted by Crippen LogP contribution is 2.16. The van der Waals surface area contributed by atoms with E-state index < -0.39 is 0 Å². The van der Waals surface area contributed by atoms with E-state index in [1.807, 2.05) is 24.3 Å². The summed E-state index contributed by atoms with van der Waals surface area (Å²) < 4.78 is 5.25. The molecule has 0 saturated carbocycles. The van der Waals surface area contributed by atoms with E-state index in [0.29, 0.717) is 26.2 Å². The second-order valence-corrected chi connectivity index (χ2v) is 5.01. The number of nitrogens with zero attached hydrogens (tertiary/aromatic N) is 2. The predicted octanol–water partition coefficient (Wildman–Crippen LogP) is 0.0854. The van der Waals surface area contributed by atoms with Crippen molar-refractivity contribution in [3.8, 4) is 5.75 Å². The molecular weight excluding hydrogens is 270 g/mol. The third-order valence-electron chi connectivity index (χ3n) is 3.59. The van der Waals surface area contributed by atoms with Crippen molar-refractivity contribution in [3.63, 3.8) is 0 Å². The van der Waals surface area contributed by atoms with Crippen LogP contribution in [0.2, 0.25) is 0 Å². The molecule has 6 heteroatoms. The minimum Gasteiger partial charge on any atom is -0.496 e. The quantitative estimate of drug-likeness (QED) is 0.754. The molecule has 0 aromatic heterocycles. The molecule has 1 aliphatic rings. The van der Waals surface area contributed by atoms with Crippen LogP contribution < -0.4 is 10.1 Å². The first-order valence-electron chi connectivity index (χ1n) is 7.03. The number of carbonyl (C=O) groups excluding carboxylic acids is 2. The number of amides is 2. The zero-order valence-corrected chi connectivity index (χ0v) is 12.2. The highest BCUT2D eigenvalue weighted by atomic mass is 16.5. The molecule has 1 saturated heterocycles. The molecule has 0 bridgehead atoms. The molecule has 0 atom stereocenters. The van der Waals surface area contributed by atoms with Crippen molar-refractivity contribution in [2.24, 2.45) is 0 Å². The Morgan fingerprint density at radius 2 is 2.00 bits per heavy atom. The summed E-state index contributed by atoms with van der Waals surface area (Å²) in [4.78, 5) is 26.4. The van der Waals surface area contributed by atoms with Gasteiger partial charge < -0.3 is 15.0 Å². The van der Waals surface area contributed by atoms with Gasteiger partial charge in [0.05, 0.1) is 13.7 Å². The van der Waals surface area contributed by atoms with Crippen molar-refractivity contribution in [1.82, 2.24) is 15.1 Å². The van der Waals surface area contributed by atoms with Gasteiger partial charge in [-0.2, -0.15) is 0 Å². The number of hydrogen-bond donors (Lipinski definition) is 1.